The first-order chi connectivity index (χ1) is 7.36. The van der Waals surface area contributed by atoms with Crippen LogP contribution in [0.1, 0.15) is 27.2 Å². The third kappa shape index (κ3) is 3.45. The van der Waals surface area contributed by atoms with Crippen molar-refractivity contribution in [2.24, 2.45) is 5.92 Å². The van der Waals surface area contributed by atoms with Crippen LogP contribution in [0.15, 0.2) is 16.3 Å². The molecule has 92 valence electrons. The van der Waals surface area contributed by atoms with Gasteiger partial charge in [-0.2, -0.15) is 0 Å². The molecule has 1 aromatic rings. The largest absolute Gasteiger partial charge is 0.250 e. The van der Waals surface area contributed by atoms with E-state index in [1.165, 1.54) is 6.07 Å². The van der Waals surface area contributed by atoms with E-state index in [9.17, 15) is 8.42 Å². The average Bonchev–Trinajstić information content (AvgIpc) is 2.63. The van der Waals surface area contributed by atoms with E-state index in [0.29, 0.717) is 10.3 Å². The second-order valence-corrected chi connectivity index (χ2v) is 7.51. The summed E-state index contributed by atoms with van der Waals surface area (Å²) >= 11 is 6.79. The Balaban J connectivity index is 2.80. The van der Waals surface area contributed by atoms with Crippen molar-refractivity contribution in [3.8, 4) is 0 Å². The van der Waals surface area contributed by atoms with Crippen LogP contribution in [-0.4, -0.2) is 14.5 Å². The molecule has 2 atom stereocenters. The Hall–Kier alpha value is -0.100. The summed E-state index contributed by atoms with van der Waals surface area (Å²) in [4.78, 5) is 0. The van der Waals surface area contributed by atoms with Gasteiger partial charge in [-0.15, -0.1) is 11.3 Å². The minimum atomic E-state index is -3.41. The highest BCUT2D eigenvalue weighted by Gasteiger charge is 2.21. The lowest BCUT2D eigenvalue weighted by atomic mass is 10.0. The third-order valence-electron chi connectivity index (χ3n) is 2.65. The molecule has 1 aromatic heterocycles. The van der Waals surface area contributed by atoms with Gasteiger partial charge in [0, 0.05) is 6.04 Å². The van der Waals surface area contributed by atoms with E-state index in [2.05, 4.69) is 4.72 Å². The Kier molecular flexibility index (Phi) is 4.79. The van der Waals surface area contributed by atoms with Gasteiger partial charge in [0.05, 0.1) is 4.34 Å². The van der Waals surface area contributed by atoms with Crippen molar-refractivity contribution in [3.05, 3.63) is 16.5 Å². The predicted molar refractivity (Wildman–Crippen MR) is 68.6 cm³/mol. The lowest BCUT2D eigenvalue weighted by Crippen LogP contribution is -2.36. The van der Waals surface area contributed by atoms with Crippen molar-refractivity contribution in [2.45, 2.75) is 37.4 Å². The highest BCUT2D eigenvalue weighted by molar-refractivity contribution is 7.91. The number of halogens is 1. The maximum absolute atomic E-state index is 11.9. The number of sulfonamides is 1. The number of rotatable bonds is 5. The van der Waals surface area contributed by atoms with Gasteiger partial charge in [0.25, 0.3) is 0 Å². The number of hydrogen-bond donors (Lipinski definition) is 1. The highest BCUT2D eigenvalue weighted by Crippen LogP contribution is 2.25. The van der Waals surface area contributed by atoms with Crippen LogP contribution >= 0.6 is 22.9 Å². The SMILES string of the molecule is CC[C@@H](C)[C@H](C)NS(=O)(=O)c1ccc(Cl)s1. The van der Waals surface area contributed by atoms with Crippen LogP contribution < -0.4 is 4.72 Å². The van der Waals surface area contributed by atoms with Crippen LogP contribution in [-0.2, 0) is 10.0 Å². The fourth-order valence-electron chi connectivity index (χ4n) is 1.21. The predicted octanol–water partition coefficient (Wildman–Crippen LogP) is 3.11. The highest BCUT2D eigenvalue weighted by atomic mass is 35.5. The molecule has 0 saturated heterocycles. The van der Waals surface area contributed by atoms with Gasteiger partial charge >= 0.3 is 0 Å². The quantitative estimate of drug-likeness (QED) is 0.901. The molecule has 0 aromatic carbocycles. The maximum Gasteiger partial charge on any atom is 0.250 e. The molecule has 16 heavy (non-hydrogen) atoms. The van der Waals surface area contributed by atoms with Crippen LogP contribution in [0.25, 0.3) is 0 Å². The zero-order valence-corrected chi connectivity index (χ0v) is 11.9. The molecule has 0 bridgehead atoms. The molecule has 1 heterocycles. The maximum atomic E-state index is 11.9. The zero-order valence-electron chi connectivity index (χ0n) is 9.53. The fourth-order valence-corrected chi connectivity index (χ4v) is 4.07. The van der Waals surface area contributed by atoms with Crippen LogP contribution in [0, 0.1) is 5.92 Å². The van der Waals surface area contributed by atoms with E-state index < -0.39 is 10.0 Å². The molecule has 0 amide bonds. The summed E-state index contributed by atoms with van der Waals surface area (Å²) < 4.78 is 27.2. The van der Waals surface area contributed by atoms with Gasteiger partial charge in [-0.05, 0) is 25.0 Å². The molecule has 0 aliphatic rings. The van der Waals surface area contributed by atoms with Gasteiger partial charge in [-0.3, -0.25) is 0 Å². The lowest BCUT2D eigenvalue weighted by Gasteiger charge is -2.19. The molecule has 0 aliphatic heterocycles. The van der Waals surface area contributed by atoms with Crippen molar-refractivity contribution in [3.63, 3.8) is 0 Å². The van der Waals surface area contributed by atoms with Crippen LogP contribution in [0.5, 0.6) is 0 Å². The molecule has 1 N–H and O–H groups in total. The summed E-state index contributed by atoms with van der Waals surface area (Å²) in [6, 6.07) is 3.05. The smallest absolute Gasteiger partial charge is 0.207 e. The first-order valence-corrected chi connectivity index (χ1v) is 7.82. The van der Waals surface area contributed by atoms with E-state index in [0.717, 1.165) is 17.8 Å². The molecule has 0 radical (unpaired) electrons. The first-order valence-electron chi connectivity index (χ1n) is 5.14. The normalized spacial score (nSPS) is 16.0. The van der Waals surface area contributed by atoms with E-state index in [-0.39, 0.29) is 10.3 Å². The second-order valence-electron chi connectivity index (χ2n) is 3.85. The second kappa shape index (κ2) is 5.49. The summed E-state index contributed by atoms with van der Waals surface area (Å²) in [5.41, 5.74) is 0. The number of hydrogen-bond acceptors (Lipinski definition) is 3. The standard InChI is InChI=1S/C10H16ClNO2S2/c1-4-7(2)8(3)12-16(13,14)10-6-5-9(11)15-10/h5-8,12H,4H2,1-3H3/t7-,8+/m1/s1. The third-order valence-corrected chi connectivity index (χ3v) is 5.93. The van der Waals surface area contributed by atoms with E-state index in [1.54, 1.807) is 6.07 Å². The minimum Gasteiger partial charge on any atom is -0.207 e. The Labute approximate surface area is 106 Å². The average molecular weight is 282 g/mol. The summed E-state index contributed by atoms with van der Waals surface area (Å²) in [7, 11) is -3.41. The van der Waals surface area contributed by atoms with Crippen LogP contribution in [0.4, 0.5) is 0 Å². The molecular weight excluding hydrogens is 266 g/mol. The fraction of sp³-hybridized carbons (Fsp3) is 0.600. The van der Waals surface area contributed by atoms with Gasteiger partial charge in [0.2, 0.25) is 10.0 Å². The van der Waals surface area contributed by atoms with Gasteiger partial charge in [-0.25, -0.2) is 13.1 Å². The topological polar surface area (TPSA) is 46.2 Å². The van der Waals surface area contributed by atoms with Crippen molar-refractivity contribution < 1.29 is 8.42 Å². The van der Waals surface area contributed by atoms with Gasteiger partial charge in [0.15, 0.2) is 0 Å². The molecule has 0 unspecified atom stereocenters. The zero-order chi connectivity index (χ0) is 12.3. The number of thiophene rings is 1. The molecule has 0 aliphatic carbocycles. The van der Waals surface area contributed by atoms with E-state index >= 15 is 0 Å². The number of nitrogens with one attached hydrogen (secondary N) is 1. The Bertz CT molecular complexity index is 441. The molecule has 0 saturated carbocycles. The Morgan fingerprint density at radius 3 is 2.50 bits per heavy atom. The van der Waals surface area contributed by atoms with Crippen molar-refractivity contribution in [2.75, 3.05) is 0 Å². The summed E-state index contributed by atoms with van der Waals surface area (Å²) in [5, 5.41) is 0. The Morgan fingerprint density at radius 1 is 1.44 bits per heavy atom. The van der Waals surface area contributed by atoms with Gasteiger partial charge in [-0.1, -0.05) is 31.9 Å². The molecule has 1 rings (SSSR count). The minimum absolute atomic E-state index is 0.0733. The summed E-state index contributed by atoms with van der Waals surface area (Å²) in [6.45, 7) is 5.94. The summed E-state index contributed by atoms with van der Waals surface area (Å²) in [6.07, 6.45) is 0.939. The molecule has 6 heteroatoms. The van der Waals surface area contributed by atoms with Crippen molar-refractivity contribution in [1.29, 1.82) is 0 Å². The van der Waals surface area contributed by atoms with Crippen molar-refractivity contribution >= 4 is 33.0 Å². The van der Waals surface area contributed by atoms with Crippen molar-refractivity contribution in [1.82, 2.24) is 4.72 Å². The molecular formula is C10H16ClNO2S2. The Morgan fingerprint density at radius 2 is 2.06 bits per heavy atom. The van der Waals surface area contributed by atoms with E-state index in [1.807, 2.05) is 20.8 Å². The lowest BCUT2D eigenvalue weighted by molar-refractivity contribution is 0.434. The van der Waals surface area contributed by atoms with E-state index in [4.69, 9.17) is 11.6 Å². The molecule has 0 fully saturated rings. The summed E-state index contributed by atoms with van der Waals surface area (Å²) in [5.74, 6) is 0.310. The molecule has 3 nitrogen and oxygen atoms in total. The monoisotopic (exact) mass is 281 g/mol. The first kappa shape index (κ1) is 14.0. The molecule has 0 spiro atoms. The van der Waals surface area contributed by atoms with Gasteiger partial charge < -0.3 is 0 Å². The van der Waals surface area contributed by atoms with Crippen LogP contribution in [0.2, 0.25) is 4.34 Å². The van der Waals surface area contributed by atoms with Gasteiger partial charge in [0.1, 0.15) is 4.21 Å². The van der Waals surface area contributed by atoms with Crippen LogP contribution in [0.3, 0.4) is 0 Å².